The fourth-order valence-corrected chi connectivity index (χ4v) is 3.43. The second-order valence-electron chi connectivity index (χ2n) is 6.17. The molecule has 1 nitrogen and oxygen atoms in total. The van der Waals surface area contributed by atoms with Crippen LogP contribution in [0.15, 0.2) is 42.5 Å². The summed E-state index contributed by atoms with van der Waals surface area (Å²) in [4.78, 5) is 0.100. The number of hydrogen-bond donors (Lipinski definition) is 0. The molecule has 110 valence electrons. The molecule has 1 aliphatic rings. The zero-order chi connectivity index (χ0) is 15.0. The van der Waals surface area contributed by atoms with Crippen molar-refractivity contribution in [2.24, 2.45) is 0 Å². The Bertz CT molecular complexity index is 666. The second-order valence-corrected chi connectivity index (χ2v) is 7.27. The lowest BCUT2D eigenvalue weighted by atomic mass is 9.97. The predicted molar refractivity (Wildman–Crippen MR) is 86.6 cm³/mol. The molecule has 1 aliphatic heterocycles. The van der Waals surface area contributed by atoms with Crippen LogP contribution in [0.2, 0.25) is 0 Å². The van der Waals surface area contributed by atoms with E-state index in [-0.39, 0.29) is 16.2 Å². The van der Waals surface area contributed by atoms with Gasteiger partial charge in [-0.2, -0.15) is 0 Å². The van der Waals surface area contributed by atoms with E-state index in [1.165, 1.54) is 17.2 Å². The van der Waals surface area contributed by atoms with Crippen molar-refractivity contribution in [3.8, 4) is 5.75 Å². The second kappa shape index (κ2) is 5.45. The van der Waals surface area contributed by atoms with Gasteiger partial charge in [0.05, 0.1) is 0 Å². The summed E-state index contributed by atoms with van der Waals surface area (Å²) in [6.07, 6.45) is 1.55. The third kappa shape index (κ3) is 3.13. The van der Waals surface area contributed by atoms with E-state index in [4.69, 9.17) is 4.74 Å². The maximum atomic E-state index is 13.7. The summed E-state index contributed by atoms with van der Waals surface area (Å²) in [5, 5.41) is 0. The molecule has 3 rings (SSSR count). The van der Waals surface area contributed by atoms with Crippen LogP contribution in [0.25, 0.3) is 0 Å². The van der Waals surface area contributed by atoms with E-state index in [0.717, 1.165) is 17.7 Å². The average Bonchev–Trinajstić information content (AvgIpc) is 2.74. The van der Waals surface area contributed by atoms with E-state index in [1.807, 2.05) is 18.2 Å². The van der Waals surface area contributed by atoms with Crippen LogP contribution >= 0.6 is 15.9 Å². The highest BCUT2D eigenvalue weighted by Crippen LogP contribution is 2.38. The third-order valence-electron chi connectivity index (χ3n) is 3.81. The number of alkyl halides is 1. The SMILES string of the molecule is CC1(C)Cc2cc(C(Br)Cc3ccccc3F)ccc2O1. The maximum Gasteiger partial charge on any atom is 0.126 e. The molecule has 0 aromatic heterocycles. The van der Waals surface area contributed by atoms with Crippen molar-refractivity contribution in [3.63, 3.8) is 0 Å². The number of hydrogen-bond acceptors (Lipinski definition) is 1. The predicted octanol–water partition coefficient (Wildman–Crippen LogP) is 5.22. The zero-order valence-corrected chi connectivity index (χ0v) is 13.8. The highest BCUT2D eigenvalue weighted by Gasteiger charge is 2.30. The highest BCUT2D eigenvalue weighted by atomic mass is 79.9. The van der Waals surface area contributed by atoms with Crippen LogP contribution in [0.5, 0.6) is 5.75 Å². The largest absolute Gasteiger partial charge is 0.487 e. The van der Waals surface area contributed by atoms with Crippen molar-refractivity contribution in [2.75, 3.05) is 0 Å². The Morgan fingerprint density at radius 2 is 2.00 bits per heavy atom. The van der Waals surface area contributed by atoms with Crippen LogP contribution in [0.3, 0.4) is 0 Å². The molecular formula is C18H18BrFO. The van der Waals surface area contributed by atoms with Crippen LogP contribution in [0.4, 0.5) is 4.39 Å². The molecule has 21 heavy (non-hydrogen) atoms. The summed E-state index contributed by atoms with van der Waals surface area (Å²) in [5.41, 5.74) is 3.00. The summed E-state index contributed by atoms with van der Waals surface area (Å²) >= 11 is 3.69. The number of rotatable bonds is 3. The van der Waals surface area contributed by atoms with Crippen molar-refractivity contribution in [2.45, 2.75) is 37.1 Å². The van der Waals surface area contributed by atoms with Gasteiger partial charge in [0.2, 0.25) is 0 Å². The maximum absolute atomic E-state index is 13.7. The molecule has 1 atom stereocenters. The average molecular weight is 349 g/mol. The van der Waals surface area contributed by atoms with Gasteiger partial charge in [-0.1, -0.05) is 46.3 Å². The van der Waals surface area contributed by atoms with Crippen LogP contribution < -0.4 is 4.74 Å². The van der Waals surface area contributed by atoms with E-state index in [2.05, 4.69) is 41.9 Å². The molecule has 0 saturated carbocycles. The van der Waals surface area contributed by atoms with Crippen molar-refractivity contribution in [1.29, 1.82) is 0 Å². The molecule has 2 aromatic carbocycles. The molecule has 0 N–H and O–H groups in total. The molecule has 0 bridgehead atoms. The molecule has 2 aromatic rings. The summed E-state index contributed by atoms with van der Waals surface area (Å²) in [6.45, 7) is 4.19. The van der Waals surface area contributed by atoms with E-state index < -0.39 is 0 Å². The minimum Gasteiger partial charge on any atom is -0.487 e. The number of ether oxygens (including phenoxy) is 1. The van der Waals surface area contributed by atoms with Gasteiger partial charge < -0.3 is 4.74 Å². The molecule has 0 amide bonds. The van der Waals surface area contributed by atoms with Crippen LogP contribution in [-0.4, -0.2) is 5.60 Å². The van der Waals surface area contributed by atoms with Crippen molar-refractivity contribution in [1.82, 2.24) is 0 Å². The Hall–Kier alpha value is -1.35. The molecular weight excluding hydrogens is 331 g/mol. The van der Waals surface area contributed by atoms with E-state index in [9.17, 15) is 4.39 Å². The lowest BCUT2D eigenvalue weighted by molar-refractivity contribution is 0.138. The topological polar surface area (TPSA) is 9.23 Å². The minimum atomic E-state index is -0.146. The third-order valence-corrected chi connectivity index (χ3v) is 4.66. The molecule has 0 fully saturated rings. The Morgan fingerprint density at radius 3 is 2.76 bits per heavy atom. The van der Waals surface area contributed by atoms with Gasteiger partial charge in [0, 0.05) is 11.2 Å². The molecule has 0 radical (unpaired) electrons. The van der Waals surface area contributed by atoms with Crippen molar-refractivity contribution < 1.29 is 9.13 Å². The first-order valence-electron chi connectivity index (χ1n) is 7.14. The fourth-order valence-electron chi connectivity index (χ4n) is 2.80. The molecule has 1 heterocycles. The monoisotopic (exact) mass is 348 g/mol. The van der Waals surface area contributed by atoms with Crippen LogP contribution in [0, 0.1) is 5.82 Å². The molecule has 1 unspecified atom stereocenters. The van der Waals surface area contributed by atoms with Crippen LogP contribution in [-0.2, 0) is 12.8 Å². The molecule has 0 saturated heterocycles. The first-order chi connectivity index (χ1) is 9.94. The minimum absolute atomic E-state index is 0.100. The van der Waals surface area contributed by atoms with Gasteiger partial charge in [0.25, 0.3) is 0 Å². The van der Waals surface area contributed by atoms with E-state index in [1.54, 1.807) is 6.07 Å². The normalized spacial score (nSPS) is 17.1. The van der Waals surface area contributed by atoms with Gasteiger partial charge in [0.1, 0.15) is 17.2 Å². The van der Waals surface area contributed by atoms with Crippen molar-refractivity contribution in [3.05, 3.63) is 65.0 Å². The van der Waals surface area contributed by atoms with Crippen molar-refractivity contribution >= 4 is 15.9 Å². The Balaban J connectivity index is 1.81. The van der Waals surface area contributed by atoms with Crippen LogP contribution in [0.1, 0.15) is 35.4 Å². The number of fused-ring (bicyclic) bond motifs is 1. The Morgan fingerprint density at radius 1 is 1.24 bits per heavy atom. The first kappa shape index (κ1) is 14.6. The summed E-state index contributed by atoms with van der Waals surface area (Å²) in [6, 6.07) is 13.2. The Kier molecular flexibility index (Phi) is 3.78. The highest BCUT2D eigenvalue weighted by molar-refractivity contribution is 9.09. The lowest BCUT2D eigenvalue weighted by Crippen LogP contribution is -2.24. The molecule has 3 heteroatoms. The standard InChI is InChI=1S/C18H18BrFO/c1-18(2)11-14-9-12(7-8-17(14)21-18)15(19)10-13-5-3-4-6-16(13)20/h3-9,15H,10-11H2,1-2H3. The molecule has 0 aliphatic carbocycles. The van der Waals surface area contributed by atoms with Gasteiger partial charge in [-0.05, 0) is 49.1 Å². The van der Waals surface area contributed by atoms with Gasteiger partial charge in [-0.25, -0.2) is 4.39 Å². The first-order valence-corrected chi connectivity index (χ1v) is 8.05. The summed E-state index contributed by atoms with van der Waals surface area (Å²) in [7, 11) is 0. The smallest absolute Gasteiger partial charge is 0.126 e. The number of halogens is 2. The zero-order valence-electron chi connectivity index (χ0n) is 12.2. The van der Waals surface area contributed by atoms with Gasteiger partial charge in [-0.3, -0.25) is 0 Å². The lowest BCUT2D eigenvalue weighted by Gasteiger charge is -2.16. The van der Waals surface area contributed by atoms with Gasteiger partial charge in [0.15, 0.2) is 0 Å². The summed E-state index contributed by atoms with van der Waals surface area (Å²) < 4.78 is 19.6. The van der Waals surface area contributed by atoms with E-state index in [0.29, 0.717) is 6.42 Å². The summed E-state index contributed by atoms with van der Waals surface area (Å²) in [5.74, 6) is 0.821. The van der Waals surface area contributed by atoms with Gasteiger partial charge >= 0.3 is 0 Å². The fraction of sp³-hybridized carbons (Fsp3) is 0.333. The number of benzene rings is 2. The Labute approximate surface area is 133 Å². The quantitative estimate of drug-likeness (QED) is 0.691. The van der Waals surface area contributed by atoms with E-state index >= 15 is 0 Å². The molecule has 0 spiro atoms. The van der Waals surface area contributed by atoms with Gasteiger partial charge in [-0.15, -0.1) is 0 Å².